The third-order valence-corrected chi connectivity index (χ3v) is 6.78. The molecule has 22 heavy (non-hydrogen) atoms. The zero-order chi connectivity index (χ0) is 15.8. The molecule has 1 heterocycles. The number of anilines is 1. The monoisotopic (exact) mass is 317 g/mol. The van der Waals surface area contributed by atoms with Crippen LogP contribution in [0.4, 0.5) is 5.69 Å². The van der Waals surface area contributed by atoms with E-state index in [0.29, 0.717) is 37.1 Å². The van der Waals surface area contributed by atoms with Gasteiger partial charge in [-0.25, -0.2) is 8.42 Å². The molecule has 1 aliphatic carbocycles. The van der Waals surface area contributed by atoms with Gasteiger partial charge < -0.3 is 0 Å². The summed E-state index contributed by atoms with van der Waals surface area (Å²) in [6.07, 6.45) is 8.60. The van der Waals surface area contributed by atoms with Gasteiger partial charge in [0, 0.05) is 18.5 Å². The van der Waals surface area contributed by atoms with Crippen LogP contribution in [-0.4, -0.2) is 25.5 Å². The molecule has 0 saturated carbocycles. The van der Waals surface area contributed by atoms with Crippen molar-refractivity contribution in [2.75, 3.05) is 10.8 Å². The van der Waals surface area contributed by atoms with E-state index in [1.54, 1.807) is 43.3 Å². The second-order valence-corrected chi connectivity index (χ2v) is 8.25. The number of ketones is 1. The van der Waals surface area contributed by atoms with Gasteiger partial charge in [-0.1, -0.05) is 36.4 Å². The minimum Gasteiger partial charge on any atom is -0.294 e. The van der Waals surface area contributed by atoms with Gasteiger partial charge in [-0.2, -0.15) is 0 Å². The van der Waals surface area contributed by atoms with Crippen LogP contribution in [0, 0.1) is 0 Å². The van der Waals surface area contributed by atoms with Crippen LogP contribution in [0.2, 0.25) is 0 Å². The second kappa shape index (κ2) is 5.39. The predicted octanol–water partition coefficient (Wildman–Crippen LogP) is 3.07. The Hall–Kier alpha value is -1.88. The van der Waals surface area contributed by atoms with Gasteiger partial charge >= 0.3 is 0 Å². The summed E-state index contributed by atoms with van der Waals surface area (Å²) in [4.78, 5) is 12.2. The Kier molecular flexibility index (Phi) is 3.68. The fourth-order valence-corrected chi connectivity index (χ4v) is 4.81. The summed E-state index contributed by atoms with van der Waals surface area (Å²) >= 11 is 0. The van der Waals surface area contributed by atoms with Gasteiger partial charge in [0.05, 0.1) is 5.69 Å². The first-order valence-corrected chi connectivity index (χ1v) is 8.89. The van der Waals surface area contributed by atoms with Crippen molar-refractivity contribution in [2.24, 2.45) is 0 Å². The third-order valence-electron chi connectivity index (χ3n) is 4.34. The molecule has 1 aliphatic heterocycles. The van der Waals surface area contributed by atoms with E-state index < -0.39 is 14.8 Å². The molecule has 0 saturated heterocycles. The van der Waals surface area contributed by atoms with Crippen LogP contribution in [0.5, 0.6) is 0 Å². The Labute approximate surface area is 131 Å². The number of hydrogen-bond donors (Lipinski definition) is 0. The Morgan fingerprint density at radius 1 is 1.18 bits per heavy atom. The number of nitrogens with zero attached hydrogens (tertiary/aromatic N) is 1. The number of carbonyl (C=O) groups is 1. The molecule has 2 aliphatic rings. The van der Waals surface area contributed by atoms with E-state index in [0.717, 1.165) is 0 Å². The first-order valence-electron chi connectivity index (χ1n) is 7.45. The normalized spacial score (nSPS) is 25.0. The molecule has 0 spiro atoms. The highest BCUT2D eigenvalue weighted by Crippen LogP contribution is 2.36. The van der Waals surface area contributed by atoms with Gasteiger partial charge in [-0.15, -0.1) is 0 Å². The molecule has 1 unspecified atom stereocenters. The minimum atomic E-state index is -3.60. The fourth-order valence-electron chi connectivity index (χ4n) is 2.97. The minimum absolute atomic E-state index is 0.0116. The topological polar surface area (TPSA) is 54.5 Å². The number of Topliss-reactive ketones (excluding diaryl/α,β-unsaturated/α-hetero) is 1. The second-order valence-electron chi connectivity index (χ2n) is 5.93. The molecule has 0 bridgehead atoms. The third kappa shape index (κ3) is 2.29. The van der Waals surface area contributed by atoms with Gasteiger partial charge in [0.15, 0.2) is 5.78 Å². The quantitative estimate of drug-likeness (QED) is 0.842. The molecule has 1 aromatic carbocycles. The van der Waals surface area contributed by atoms with E-state index in [1.165, 1.54) is 4.31 Å². The van der Waals surface area contributed by atoms with Crippen molar-refractivity contribution in [3.05, 3.63) is 54.1 Å². The summed E-state index contributed by atoms with van der Waals surface area (Å²) < 4.78 is 26.9. The van der Waals surface area contributed by atoms with E-state index in [-0.39, 0.29) is 5.78 Å². The highest BCUT2D eigenvalue weighted by Gasteiger charge is 2.42. The molecule has 1 atom stereocenters. The number of allylic oxidation sites excluding steroid dienone is 3. The summed E-state index contributed by atoms with van der Waals surface area (Å²) in [7, 11) is -3.60. The Bertz CT molecular complexity index is 764. The standard InChI is InChI=1S/C17H19NO3S/c1-17(11-5-2-6-12-17)22(20,21)18-13-7-10-16(19)14-8-3-4-9-15(14)18/h2-6,8-9,11H,7,10,12-13H2,1H3. The lowest BCUT2D eigenvalue weighted by molar-refractivity contribution is 0.0984. The molecular weight excluding hydrogens is 298 g/mol. The van der Waals surface area contributed by atoms with Crippen molar-refractivity contribution < 1.29 is 13.2 Å². The number of carbonyl (C=O) groups excluding carboxylic acids is 1. The summed E-state index contributed by atoms with van der Waals surface area (Å²) in [5.41, 5.74) is 1.01. The number of rotatable bonds is 2. The molecule has 0 fully saturated rings. The van der Waals surface area contributed by atoms with Crippen molar-refractivity contribution in [1.29, 1.82) is 0 Å². The molecular formula is C17H19NO3S. The average Bonchev–Trinajstić information content (AvgIpc) is 2.68. The van der Waals surface area contributed by atoms with Crippen molar-refractivity contribution in [2.45, 2.75) is 30.9 Å². The molecule has 0 N–H and O–H groups in total. The van der Waals surface area contributed by atoms with E-state index >= 15 is 0 Å². The maximum absolute atomic E-state index is 13.2. The summed E-state index contributed by atoms with van der Waals surface area (Å²) in [5, 5.41) is 0. The van der Waals surface area contributed by atoms with Crippen molar-refractivity contribution in [3.8, 4) is 0 Å². The van der Waals surface area contributed by atoms with Crippen LogP contribution in [-0.2, 0) is 10.0 Å². The van der Waals surface area contributed by atoms with E-state index in [9.17, 15) is 13.2 Å². The lowest BCUT2D eigenvalue weighted by atomic mass is 10.0. The number of hydrogen-bond acceptors (Lipinski definition) is 3. The number of sulfonamides is 1. The number of fused-ring (bicyclic) bond motifs is 1. The molecule has 3 rings (SSSR count). The number of para-hydroxylation sites is 1. The lowest BCUT2D eigenvalue weighted by Crippen LogP contribution is -2.46. The van der Waals surface area contributed by atoms with Crippen LogP contribution < -0.4 is 4.31 Å². The molecule has 5 heteroatoms. The summed E-state index contributed by atoms with van der Waals surface area (Å²) in [5.74, 6) is 0.0116. The number of benzene rings is 1. The van der Waals surface area contributed by atoms with Crippen LogP contribution in [0.25, 0.3) is 0 Å². The highest BCUT2D eigenvalue weighted by atomic mass is 32.2. The van der Waals surface area contributed by atoms with Gasteiger partial charge in [0.25, 0.3) is 0 Å². The SMILES string of the molecule is CC1(S(=O)(=O)N2CCCC(=O)c3ccccc32)C=CC=CC1. The summed E-state index contributed by atoms with van der Waals surface area (Å²) in [6.45, 7) is 2.08. The maximum atomic E-state index is 13.2. The largest absolute Gasteiger partial charge is 0.294 e. The van der Waals surface area contributed by atoms with Gasteiger partial charge in [0.1, 0.15) is 4.75 Å². The predicted molar refractivity (Wildman–Crippen MR) is 87.6 cm³/mol. The van der Waals surface area contributed by atoms with Crippen molar-refractivity contribution >= 4 is 21.5 Å². The van der Waals surface area contributed by atoms with E-state index in [1.807, 2.05) is 12.2 Å². The molecule has 1 aromatic rings. The van der Waals surface area contributed by atoms with Gasteiger partial charge in [-0.3, -0.25) is 9.10 Å². The Balaban J connectivity index is 2.11. The Morgan fingerprint density at radius 3 is 2.68 bits per heavy atom. The van der Waals surface area contributed by atoms with E-state index in [2.05, 4.69) is 0 Å². The molecule has 0 aromatic heterocycles. The average molecular weight is 317 g/mol. The fraction of sp³-hybridized carbons (Fsp3) is 0.353. The van der Waals surface area contributed by atoms with Gasteiger partial charge in [-0.05, 0) is 31.9 Å². The van der Waals surface area contributed by atoms with Gasteiger partial charge in [0.2, 0.25) is 10.0 Å². The zero-order valence-corrected chi connectivity index (χ0v) is 13.3. The molecule has 0 amide bonds. The van der Waals surface area contributed by atoms with Crippen LogP contribution in [0.15, 0.2) is 48.6 Å². The smallest absolute Gasteiger partial charge is 0.244 e. The van der Waals surface area contributed by atoms with E-state index in [4.69, 9.17) is 0 Å². The first kappa shape index (κ1) is 15.0. The zero-order valence-electron chi connectivity index (χ0n) is 12.5. The highest BCUT2D eigenvalue weighted by molar-refractivity contribution is 7.94. The Morgan fingerprint density at radius 2 is 1.95 bits per heavy atom. The first-order chi connectivity index (χ1) is 10.5. The van der Waals surface area contributed by atoms with Crippen LogP contribution >= 0.6 is 0 Å². The summed E-state index contributed by atoms with van der Waals surface area (Å²) in [6, 6.07) is 6.99. The molecule has 0 radical (unpaired) electrons. The van der Waals surface area contributed by atoms with Crippen molar-refractivity contribution in [3.63, 3.8) is 0 Å². The van der Waals surface area contributed by atoms with Crippen molar-refractivity contribution in [1.82, 2.24) is 0 Å². The lowest BCUT2D eigenvalue weighted by Gasteiger charge is -2.34. The van der Waals surface area contributed by atoms with Crippen LogP contribution in [0.1, 0.15) is 36.5 Å². The van der Waals surface area contributed by atoms with Crippen LogP contribution in [0.3, 0.4) is 0 Å². The maximum Gasteiger partial charge on any atom is 0.244 e. The molecule has 4 nitrogen and oxygen atoms in total. The molecule has 116 valence electrons.